The number of rotatable bonds is 4. The maximum Gasteiger partial charge on any atom is 0.320 e. The Morgan fingerprint density at radius 3 is 2.54 bits per heavy atom. The molecule has 2 aliphatic heterocycles. The third kappa shape index (κ3) is 4.41. The van der Waals surface area contributed by atoms with E-state index in [1.165, 1.54) is 0 Å². The number of carbonyl (C=O) groups is 1. The van der Waals surface area contributed by atoms with Gasteiger partial charge >= 0.3 is 6.03 Å². The summed E-state index contributed by atoms with van der Waals surface area (Å²) in [6.45, 7) is 5.27. The van der Waals surface area contributed by atoms with Gasteiger partial charge in [0.15, 0.2) is 11.5 Å². The first-order valence-electron chi connectivity index (χ1n) is 11.9. The van der Waals surface area contributed by atoms with Crippen LogP contribution in [-0.4, -0.2) is 87.5 Å². The van der Waals surface area contributed by atoms with Gasteiger partial charge in [-0.05, 0) is 18.6 Å². The van der Waals surface area contributed by atoms with Crippen LogP contribution in [0.1, 0.15) is 6.42 Å². The molecule has 0 bridgehead atoms. The number of ether oxygens (including phenoxy) is 3. The van der Waals surface area contributed by atoms with Crippen molar-refractivity contribution in [3.63, 3.8) is 0 Å². The Balaban J connectivity index is 1.46. The number of morpholine rings is 1. The molecule has 2 saturated heterocycles. The lowest BCUT2D eigenvalue weighted by molar-refractivity contribution is 0.0438. The molecule has 35 heavy (non-hydrogen) atoms. The maximum absolute atomic E-state index is 13.0. The van der Waals surface area contributed by atoms with Crippen molar-refractivity contribution in [2.75, 3.05) is 77.3 Å². The summed E-state index contributed by atoms with van der Waals surface area (Å²) in [7, 11) is 3.19. The zero-order chi connectivity index (χ0) is 24.4. The third-order valence-corrected chi connectivity index (χ3v) is 6.60. The molecule has 5 rings (SSSR count). The van der Waals surface area contributed by atoms with E-state index in [0.29, 0.717) is 80.0 Å². The van der Waals surface area contributed by atoms with Crippen LogP contribution in [0.3, 0.4) is 0 Å². The van der Waals surface area contributed by atoms with Gasteiger partial charge in [0.1, 0.15) is 11.6 Å². The number of amides is 2. The lowest BCUT2D eigenvalue weighted by Crippen LogP contribution is -2.49. The molecule has 10 heteroatoms. The molecule has 10 nitrogen and oxygen atoms in total. The molecule has 2 fully saturated rings. The molecule has 186 valence electrons. The number of aromatic nitrogens is 1. The lowest BCUT2D eigenvalue weighted by atomic mass is 10.0. The summed E-state index contributed by atoms with van der Waals surface area (Å²) in [5.74, 6) is 2.49. The van der Waals surface area contributed by atoms with E-state index in [1.807, 2.05) is 34.1 Å². The summed E-state index contributed by atoms with van der Waals surface area (Å²) in [6, 6.07) is 7.49. The smallest absolute Gasteiger partial charge is 0.320 e. The second-order valence-corrected chi connectivity index (χ2v) is 8.64. The number of hydrogen-bond donors (Lipinski definition) is 1. The summed E-state index contributed by atoms with van der Waals surface area (Å²) < 4.78 is 22.4. The van der Waals surface area contributed by atoms with E-state index in [1.54, 1.807) is 20.5 Å². The van der Waals surface area contributed by atoms with Crippen LogP contribution in [0.5, 0.6) is 11.5 Å². The van der Waals surface area contributed by atoms with Crippen molar-refractivity contribution in [2.24, 2.45) is 0 Å². The molecular formula is C25H31N5O5. The highest BCUT2D eigenvalue weighted by Gasteiger charge is 2.27. The fourth-order valence-electron chi connectivity index (χ4n) is 4.84. The average Bonchev–Trinajstić information content (AvgIpc) is 3.31. The lowest BCUT2D eigenvalue weighted by Gasteiger charge is -2.32. The summed E-state index contributed by atoms with van der Waals surface area (Å²) >= 11 is 0. The molecule has 2 N–H and O–H groups in total. The summed E-state index contributed by atoms with van der Waals surface area (Å²) in [5.41, 5.74) is 8.58. The van der Waals surface area contributed by atoms with Gasteiger partial charge in [-0.15, -0.1) is 0 Å². The van der Waals surface area contributed by atoms with Gasteiger partial charge in [0.05, 0.1) is 44.8 Å². The van der Waals surface area contributed by atoms with Crippen LogP contribution >= 0.6 is 0 Å². The van der Waals surface area contributed by atoms with E-state index in [4.69, 9.17) is 29.3 Å². The molecule has 0 spiro atoms. The minimum absolute atomic E-state index is 0.0843. The Morgan fingerprint density at radius 2 is 1.83 bits per heavy atom. The van der Waals surface area contributed by atoms with Crippen molar-refractivity contribution in [1.29, 1.82) is 0 Å². The van der Waals surface area contributed by atoms with Gasteiger partial charge in [-0.3, -0.25) is 0 Å². The first-order valence-corrected chi connectivity index (χ1v) is 11.9. The van der Waals surface area contributed by atoms with Gasteiger partial charge < -0.3 is 39.1 Å². The van der Waals surface area contributed by atoms with Gasteiger partial charge in [-0.2, -0.15) is 0 Å². The van der Waals surface area contributed by atoms with Crippen LogP contribution in [0.25, 0.3) is 22.2 Å². The Morgan fingerprint density at radius 1 is 1.03 bits per heavy atom. The molecular weight excluding hydrogens is 450 g/mol. The molecule has 2 amide bonds. The average molecular weight is 482 g/mol. The number of fused-ring (bicyclic) bond motifs is 1. The van der Waals surface area contributed by atoms with E-state index in [2.05, 4.69) is 4.90 Å². The number of methoxy groups -OCH3 is 2. The monoisotopic (exact) mass is 481 g/mol. The highest BCUT2D eigenvalue weighted by atomic mass is 16.5. The second kappa shape index (κ2) is 9.91. The predicted octanol–water partition coefficient (Wildman–Crippen LogP) is 3.06. The van der Waals surface area contributed by atoms with Crippen molar-refractivity contribution in [1.82, 2.24) is 14.8 Å². The Kier molecular flexibility index (Phi) is 6.54. The van der Waals surface area contributed by atoms with Crippen LogP contribution < -0.4 is 20.1 Å². The fraction of sp³-hybridized carbons (Fsp3) is 0.440. The first kappa shape index (κ1) is 23.1. The molecule has 4 heterocycles. The van der Waals surface area contributed by atoms with Crippen molar-refractivity contribution in [3.8, 4) is 22.8 Å². The largest absolute Gasteiger partial charge is 0.493 e. The first-order chi connectivity index (χ1) is 17.1. The second-order valence-electron chi connectivity index (χ2n) is 8.64. The normalized spacial score (nSPS) is 16.9. The molecule has 1 aromatic carbocycles. The van der Waals surface area contributed by atoms with Gasteiger partial charge in [-0.25, -0.2) is 9.78 Å². The molecule has 0 atom stereocenters. The van der Waals surface area contributed by atoms with Crippen LogP contribution in [0.2, 0.25) is 0 Å². The fourth-order valence-corrected chi connectivity index (χ4v) is 4.84. The van der Waals surface area contributed by atoms with Crippen LogP contribution in [0.4, 0.5) is 16.3 Å². The molecule has 0 radical (unpaired) electrons. The number of pyridine rings is 1. The van der Waals surface area contributed by atoms with E-state index in [-0.39, 0.29) is 6.03 Å². The third-order valence-electron chi connectivity index (χ3n) is 6.60. The quantitative estimate of drug-likeness (QED) is 0.606. The number of benzene rings is 1. The number of carbonyl (C=O) groups excluding carboxylic acids is 1. The minimum Gasteiger partial charge on any atom is -0.493 e. The molecule has 2 aromatic heterocycles. The van der Waals surface area contributed by atoms with Gasteiger partial charge in [0, 0.05) is 62.5 Å². The van der Waals surface area contributed by atoms with Crippen LogP contribution in [-0.2, 0) is 4.74 Å². The molecule has 2 aliphatic rings. The standard InChI is InChI=1S/C25H31N5O5/c1-32-20-16-18-22(23(24(20)33-2)19-5-3-12-35-19)17(26)15-21(27-18)28-6-4-7-29(9-8-28)25(31)30-10-13-34-14-11-30/h3,5,12,15-16H,4,6-11,13-14H2,1-2H3,(H2,26,27). The molecule has 0 unspecified atom stereocenters. The minimum atomic E-state index is 0.0843. The van der Waals surface area contributed by atoms with Crippen molar-refractivity contribution in [3.05, 3.63) is 30.5 Å². The van der Waals surface area contributed by atoms with Crippen LogP contribution in [0, 0.1) is 0 Å². The highest BCUT2D eigenvalue weighted by Crippen LogP contribution is 2.46. The predicted molar refractivity (Wildman–Crippen MR) is 133 cm³/mol. The van der Waals surface area contributed by atoms with Crippen molar-refractivity contribution in [2.45, 2.75) is 6.42 Å². The molecule has 0 aliphatic carbocycles. The number of furan rings is 1. The summed E-state index contributed by atoms with van der Waals surface area (Å²) in [6.07, 6.45) is 2.46. The SMILES string of the molecule is COc1cc2nc(N3CCCN(C(=O)N4CCOCC4)CC3)cc(N)c2c(-c2ccco2)c1OC. The van der Waals surface area contributed by atoms with Gasteiger partial charge in [-0.1, -0.05) is 0 Å². The molecule has 3 aromatic rings. The maximum atomic E-state index is 13.0. The molecule has 0 saturated carbocycles. The van der Waals surface area contributed by atoms with E-state index in [0.717, 1.165) is 24.2 Å². The number of nitrogen functional groups attached to an aromatic ring is 1. The van der Waals surface area contributed by atoms with Gasteiger partial charge in [0.2, 0.25) is 0 Å². The Bertz CT molecular complexity index is 1190. The Labute approximate surface area is 204 Å². The number of nitrogens with zero attached hydrogens (tertiary/aromatic N) is 4. The highest BCUT2D eigenvalue weighted by molar-refractivity contribution is 6.06. The van der Waals surface area contributed by atoms with Crippen molar-refractivity contribution < 1.29 is 23.4 Å². The topological polar surface area (TPSA) is 107 Å². The Hall–Kier alpha value is -3.66. The number of hydrogen-bond acceptors (Lipinski definition) is 8. The zero-order valence-electron chi connectivity index (χ0n) is 20.2. The summed E-state index contributed by atoms with van der Waals surface area (Å²) in [5, 5.41) is 0.750. The van der Waals surface area contributed by atoms with E-state index in [9.17, 15) is 4.79 Å². The number of urea groups is 1. The van der Waals surface area contributed by atoms with Gasteiger partial charge in [0.25, 0.3) is 0 Å². The summed E-state index contributed by atoms with van der Waals surface area (Å²) in [4.78, 5) is 23.9. The van der Waals surface area contributed by atoms with Crippen LogP contribution in [0.15, 0.2) is 34.9 Å². The van der Waals surface area contributed by atoms with Crippen molar-refractivity contribution >= 4 is 28.4 Å². The number of anilines is 2. The zero-order valence-corrected chi connectivity index (χ0v) is 20.2. The number of nitrogens with two attached hydrogens (primary N) is 1. The van der Waals surface area contributed by atoms with E-state index < -0.39 is 0 Å². The van der Waals surface area contributed by atoms with E-state index >= 15 is 0 Å².